The maximum atomic E-state index is 12.1. The highest BCUT2D eigenvalue weighted by Crippen LogP contribution is 2.31. The Bertz CT molecular complexity index is 498. The molecule has 4 heteroatoms. The van der Waals surface area contributed by atoms with E-state index >= 15 is 0 Å². The molecule has 19 heavy (non-hydrogen) atoms. The van der Waals surface area contributed by atoms with Gasteiger partial charge >= 0.3 is 0 Å². The minimum absolute atomic E-state index is 0.191. The lowest BCUT2D eigenvalue weighted by Crippen LogP contribution is -2.31. The van der Waals surface area contributed by atoms with Gasteiger partial charge < -0.3 is 11.1 Å². The van der Waals surface area contributed by atoms with Crippen LogP contribution in [-0.2, 0) is 11.3 Å². The van der Waals surface area contributed by atoms with Crippen molar-refractivity contribution in [2.45, 2.75) is 32.7 Å². The van der Waals surface area contributed by atoms with Gasteiger partial charge in [-0.3, -0.25) is 4.79 Å². The first-order valence-electron chi connectivity index (χ1n) is 6.75. The molecule has 102 valence electrons. The predicted molar refractivity (Wildman–Crippen MR) is 78.6 cm³/mol. The van der Waals surface area contributed by atoms with Crippen LogP contribution in [0.3, 0.4) is 0 Å². The summed E-state index contributed by atoms with van der Waals surface area (Å²) in [4.78, 5) is 13.2. The summed E-state index contributed by atoms with van der Waals surface area (Å²) in [7, 11) is 0. The summed E-state index contributed by atoms with van der Waals surface area (Å²) in [5.41, 5.74) is 6.36. The van der Waals surface area contributed by atoms with E-state index in [9.17, 15) is 4.79 Å². The smallest absolute Gasteiger partial charge is 0.223 e. The fourth-order valence-corrected chi connectivity index (χ4v) is 3.34. The van der Waals surface area contributed by atoms with Gasteiger partial charge in [0.25, 0.3) is 0 Å². The van der Waals surface area contributed by atoms with Gasteiger partial charge in [0.05, 0.1) is 13.1 Å². The van der Waals surface area contributed by atoms with Gasteiger partial charge in [-0.15, -0.1) is 11.3 Å². The van der Waals surface area contributed by atoms with Crippen molar-refractivity contribution in [3.8, 4) is 11.8 Å². The maximum Gasteiger partial charge on any atom is 0.223 e. The summed E-state index contributed by atoms with van der Waals surface area (Å²) in [6.07, 6.45) is 3.37. The van der Waals surface area contributed by atoms with Gasteiger partial charge in [-0.2, -0.15) is 0 Å². The topological polar surface area (TPSA) is 55.1 Å². The van der Waals surface area contributed by atoms with Crippen LogP contribution in [0.5, 0.6) is 0 Å². The number of carbonyl (C=O) groups excluding carboxylic acids is 1. The molecule has 3 nitrogen and oxygen atoms in total. The van der Waals surface area contributed by atoms with Gasteiger partial charge in [-0.25, -0.2) is 0 Å². The first kappa shape index (κ1) is 14.1. The molecule has 1 aliphatic carbocycles. The SMILES string of the molecule is CC1CCCC1C(=O)NCc1sccc1C#CCN. The molecule has 3 N–H and O–H groups in total. The normalized spacial score (nSPS) is 21.8. The second kappa shape index (κ2) is 6.74. The van der Waals surface area contributed by atoms with E-state index < -0.39 is 0 Å². The Labute approximate surface area is 118 Å². The molecule has 0 spiro atoms. The predicted octanol–water partition coefficient (Wildman–Crippen LogP) is 2.11. The first-order chi connectivity index (χ1) is 9.22. The summed E-state index contributed by atoms with van der Waals surface area (Å²) in [5, 5.41) is 5.05. The molecule has 1 aromatic heterocycles. The third-order valence-electron chi connectivity index (χ3n) is 3.69. The number of thiophene rings is 1. The quantitative estimate of drug-likeness (QED) is 0.831. The van der Waals surface area contributed by atoms with E-state index in [0.717, 1.165) is 16.9 Å². The zero-order valence-electron chi connectivity index (χ0n) is 11.2. The number of rotatable bonds is 3. The highest BCUT2D eigenvalue weighted by Gasteiger charge is 2.29. The van der Waals surface area contributed by atoms with Crippen LogP contribution in [0.15, 0.2) is 11.4 Å². The van der Waals surface area contributed by atoms with Crippen LogP contribution in [0.25, 0.3) is 0 Å². The van der Waals surface area contributed by atoms with Crippen LogP contribution in [-0.4, -0.2) is 12.5 Å². The monoisotopic (exact) mass is 276 g/mol. The lowest BCUT2D eigenvalue weighted by molar-refractivity contribution is -0.126. The minimum Gasteiger partial charge on any atom is -0.351 e. The summed E-state index contributed by atoms with van der Waals surface area (Å²) < 4.78 is 0. The van der Waals surface area contributed by atoms with Crippen LogP contribution in [0.4, 0.5) is 0 Å². The molecule has 0 radical (unpaired) electrons. The van der Waals surface area contributed by atoms with E-state index in [1.54, 1.807) is 11.3 Å². The van der Waals surface area contributed by atoms with Crippen molar-refractivity contribution in [2.75, 3.05) is 6.54 Å². The molecule has 1 aromatic rings. The molecule has 0 aromatic carbocycles. The first-order valence-corrected chi connectivity index (χ1v) is 7.63. The van der Waals surface area contributed by atoms with Crippen molar-refractivity contribution in [3.05, 3.63) is 21.9 Å². The molecular weight excluding hydrogens is 256 g/mol. The molecule has 0 saturated heterocycles. The van der Waals surface area contributed by atoms with E-state index in [-0.39, 0.29) is 11.8 Å². The van der Waals surface area contributed by atoms with Crippen LogP contribution in [0, 0.1) is 23.7 Å². The highest BCUT2D eigenvalue weighted by atomic mass is 32.1. The number of hydrogen-bond acceptors (Lipinski definition) is 3. The molecule has 1 amide bonds. The third kappa shape index (κ3) is 3.59. The fourth-order valence-electron chi connectivity index (χ4n) is 2.57. The number of nitrogens with two attached hydrogens (primary N) is 1. The van der Waals surface area contributed by atoms with E-state index in [4.69, 9.17) is 5.73 Å². The van der Waals surface area contributed by atoms with Gasteiger partial charge in [-0.1, -0.05) is 25.2 Å². The summed E-state index contributed by atoms with van der Waals surface area (Å²) in [6, 6.07) is 1.98. The van der Waals surface area contributed by atoms with Crippen molar-refractivity contribution in [1.29, 1.82) is 0 Å². The molecular formula is C15H20N2OS. The average Bonchev–Trinajstić information content (AvgIpc) is 3.02. The molecule has 0 aliphatic heterocycles. The average molecular weight is 276 g/mol. The number of hydrogen-bond donors (Lipinski definition) is 2. The Morgan fingerprint density at radius 2 is 2.42 bits per heavy atom. The number of amides is 1. The standard InChI is InChI=1S/C15H20N2OS/c1-11-4-2-6-13(11)15(18)17-10-14-12(5-3-8-16)7-9-19-14/h7,9,11,13H,2,4,6,8,10,16H2,1H3,(H,17,18). The van der Waals surface area contributed by atoms with Crippen LogP contribution < -0.4 is 11.1 Å². The summed E-state index contributed by atoms with van der Waals surface area (Å²) in [6.45, 7) is 3.11. The zero-order valence-corrected chi connectivity index (χ0v) is 12.1. The van der Waals surface area contributed by atoms with E-state index in [1.165, 1.54) is 12.8 Å². The van der Waals surface area contributed by atoms with E-state index in [1.807, 2.05) is 11.4 Å². The highest BCUT2D eigenvalue weighted by molar-refractivity contribution is 7.10. The van der Waals surface area contributed by atoms with Crippen molar-refractivity contribution in [1.82, 2.24) is 5.32 Å². The van der Waals surface area contributed by atoms with Gasteiger partial charge in [-0.05, 0) is 30.2 Å². The van der Waals surface area contributed by atoms with Crippen molar-refractivity contribution in [2.24, 2.45) is 17.6 Å². The van der Waals surface area contributed by atoms with Gasteiger partial charge in [0, 0.05) is 16.4 Å². The molecule has 1 fully saturated rings. The van der Waals surface area contributed by atoms with Crippen molar-refractivity contribution >= 4 is 17.2 Å². The molecule has 2 rings (SSSR count). The van der Waals surface area contributed by atoms with Crippen LogP contribution >= 0.6 is 11.3 Å². The Balaban J connectivity index is 1.92. The second-order valence-electron chi connectivity index (χ2n) is 5.00. The summed E-state index contributed by atoms with van der Waals surface area (Å²) >= 11 is 1.63. The lowest BCUT2D eigenvalue weighted by atomic mass is 9.97. The molecule has 1 heterocycles. The van der Waals surface area contributed by atoms with E-state index in [2.05, 4.69) is 24.1 Å². The Kier molecular flexibility index (Phi) is 5.00. The molecule has 1 saturated carbocycles. The lowest BCUT2D eigenvalue weighted by Gasteiger charge is -2.14. The Morgan fingerprint density at radius 3 is 3.11 bits per heavy atom. The van der Waals surface area contributed by atoms with Gasteiger partial charge in [0.1, 0.15) is 0 Å². The third-order valence-corrected chi connectivity index (χ3v) is 4.61. The molecule has 2 atom stereocenters. The maximum absolute atomic E-state index is 12.1. The Hall–Kier alpha value is -1.31. The van der Waals surface area contributed by atoms with Crippen molar-refractivity contribution in [3.63, 3.8) is 0 Å². The second-order valence-corrected chi connectivity index (χ2v) is 6.00. The zero-order chi connectivity index (χ0) is 13.7. The molecule has 1 aliphatic rings. The summed E-state index contributed by atoms with van der Waals surface area (Å²) in [5.74, 6) is 6.79. The van der Waals surface area contributed by atoms with Crippen LogP contribution in [0.1, 0.15) is 36.6 Å². The van der Waals surface area contributed by atoms with Crippen LogP contribution in [0.2, 0.25) is 0 Å². The number of nitrogens with one attached hydrogen (secondary N) is 1. The minimum atomic E-state index is 0.191. The number of carbonyl (C=O) groups is 1. The van der Waals surface area contributed by atoms with Crippen molar-refractivity contribution < 1.29 is 4.79 Å². The van der Waals surface area contributed by atoms with Gasteiger partial charge in [0.2, 0.25) is 5.91 Å². The Morgan fingerprint density at radius 1 is 1.58 bits per heavy atom. The largest absolute Gasteiger partial charge is 0.351 e. The molecule has 2 unspecified atom stereocenters. The molecule has 0 bridgehead atoms. The van der Waals surface area contributed by atoms with E-state index in [0.29, 0.717) is 19.0 Å². The fraction of sp³-hybridized carbons (Fsp3) is 0.533. The van der Waals surface area contributed by atoms with Gasteiger partial charge in [0.15, 0.2) is 0 Å².